The number of hydrogen-bond donors (Lipinski definition) is 0. The second kappa shape index (κ2) is 7.78. The Labute approximate surface area is 176 Å². The number of hydrogen-bond acceptors (Lipinski definition) is 7. The van der Waals surface area contributed by atoms with Crippen molar-refractivity contribution in [1.82, 2.24) is 8.38 Å². The fourth-order valence-corrected chi connectivity index (χ4v) is 6.27. The Hall–Kier alpha value is -0.830. The summed E-state index contributed by atoms with van der Waals surface area (Å²) in [6.07, 6.45) is 0.243. The first-order valence-corrected chi connectivity index (χ1v) is 12.3. The van der Waals surface area contributed by atoms with E-state index >= 15 is 0 Å². The van der Waals surface area contributed by atoms with E-state index in [2.05, 4.69) is 13.8 Å². The summed E-state index contributed by atoms with van der Waals surface area (Å²) in [6.45, 7) is 6.54. The van der Waals surface area contributed by atoms with Crippen molar-refractivity contribution in [3.8, 4) is 11.5 Å². The lowest BCUT2D eigenvalue weighted by atomic mass is 9.97. The summed E-state index contributed by atoms with van der Waals surface area (Å²) < 4.78 is 26.3. The molecule has 1 aromatic rings. The quantitative estimate of drug-likeness (QED) is 0.490. The van der Waals surface area contributed by atoms with E-state index in [1.165, 1.54) is 4.31 Å². The number of rotatable bonds is 4. The highest BCUT2D eigenvalue weighted by Crippen LogP contribution is 2.59. The van der Waals surface area contributed by atoms with Crippen LogP contribution in [0, 0.1) is 5.41 Å². The Balaban J connectivity index is 1.62. The smallest absolute Gasteiger partial charge is 0.426 e. The predicted molar refractivity (Wildman–Crippen MR) is 114 cm³/mol. The maximum Gasteiger partial charge on any atom is 0.426 e. The average molecular weight is 447 g/mol. The van der Waals surface area contributed by atoms with Crippen LogP contribution in [0.25, 0.3) is 0 Å². The maximum atomic E-state index is 12.6. The number of para-hydroxylation sites is 1. The first kappa shape index (κ1) is 21.9. The van der Waals surface area contributed by atoms with E-state index in [-0.39, 0.29) is 11.0 Å². The van der Waals surface area contributed by atoms with Crippen molar-refractivity contribution in [3.63, 3.8) is 0 Å². The van der Waals surface area contributed by atoms with Crippen LogP contribution in [-0.4, -0.2) is 47.4 Å². The molecule has 7 nitrogen and oxygen atoms in total. The minimum atomic E-state index is -2.64. The minimum Gasteiger partial charge on any atom is -0.483 e. The summed E-state index contributed by atoms with van der Waals surface area (Å²) in [4.78, 5) is 12.6. The monoisotopic (exact) mass is 446 g/mol. The summed E-state index contributed by atoms with van der Waals surface area (Å²) in [5.41, 5.74) is 0.652. The number of fused-ring (bicyclic) bond motifs is 1. The van der Waals surface area contributed by atoms with Crippen LogP contribution in [-0.2, 0) is 27.3 Å². The number of carbonyl (C=O) groups excluding carboxylic acids is 1. The normalized spacial score (nSPS) is 21.7. The molecule has 0 bridgehead atoms. The Bertz CT molecular complexity index is 803. The van der Waals surface area contributed by atoms with Crippen LogP contribution in [0.3, 0.4) is 0 Å². The molecule has 1 saturated heterocycles. The predicted octanol–water partition coefficient (Wildman–Crippen LogP) is 4.62. The van der Waals surface area contributed by atoms with Gasteiger partial charge in [0.25, 0.3) is 6.64 Å². The van der Waals surface area contributed by atoms with E-state index < -0.39 is 12.7 Å². The molecule has 156 valence electrons. The van der Waals surface area contributed by atoms with Crippen molar-refractivity contribution in [2.75, 3.05) is 27.3 Å². The fraction of sp³-hybridized carbons (Fsp3) is 0.611. The van der Waals surface area contributed by atoms with Gasteiger partial charge < -0.3 is 18.5 Å². The number of nitrogens with zero attached hydrogens (tertiary/aromatic N) is 2. The third-order valence-corrected chi connectivity index (χ3v) is 9.10. The molecule has 10 heteroatoms. The number of amides is 1. The van der Waals surface area contributed by atoms with Crippen molar-refractivity contribution in [1.29, 1.82) is 0 Å². The molecule has 0 saturated carbocycles. The Kier molecular flexibility index (Phi) is 6.07. The first-order chi connectivity index (χ1) is 12.9. The zero-order valence-corrected chi connectivity index (χ0v) is 19.6. The van der Waals surface area contributed by atoms with Crippen LogP contribution >= 0.6 is 18.8 Å². The van der Waals surface area contributed by atoms with Gasteiger partial charge in [-0.1, -0.05) is 26.0 Å². The Morgan fingerprint density at radius 3 is 2.50 bits per heavy atom. The van der Waals surface area contributed by atoms with E-state index in [4.69, 9.17) is 30.3 Å². The van der Waals surface area contributed by atoms with Gasteiger partial charge in [0, 0.05) is 31.5 Å². The van der Waals surface area contributed by atoms with Crippen LogP contribution in [0.15, 0.2) is 18.2 Å². The van der Waals surface area contributed by atoms with Crippen LogP contribution in [0.2, 0.25) is 0 Å². The van der Waals surface area contributed by atoms with Crippen molar-refractivity contribution in [2.24, 2.45) is 5.41 Å². The topological polar surface area (TPSA) is 60.5 Å². The minimum absolute atomic E-state index is 0.0693. The van der Waals surface area contributed by atoms with Gasteiger partial charge in [-0.3, -0.25) is 0 Å². The maximum absolute atomic E-state index is 12.6. The summed E-state index contributed by atoms with van der Waals surface area (Å²) in [5.74, 6) is 1.04. The zero-order chi connectivity index (χ0) is 20.7. The van der Waals surface area contributed by atoms with Crippen LogP contribution in [0.1, 0.15) is 33.3 Å². The molecule has 2 aliphatic rings. The lowest BCUT2D eigenvalue weighted by Gasteiger charge is -2.39. The molecule has 0 spiro atoms. The first-order valence-electron chi connectivity index (χ1n) is 8.99. The van der Waals surface area contributed by atoms with Crippen molar-refractivity contribution < 1.29 is 23.3 Å². The highest BCUT2D eigenvalue weighted by Gasteiger charge is 2.38. The molecule has 1 amide bonds. The van der Waals surface area contributed by atoms with Crippen LogP contribution in [0.4, 0.5) is 4.79 Å². The SMILES string of the molecule is CN(SN(C)P1(=S)OCC(C)(C)CO1)C(=O)Oc1cccc2c1OC(C)(C)C2. The summed E-state index contributed by atoms with van der Waals surface area (Å²) in [7, 11) is 3.38. The molecule has 0 unspecified atom stereocenters. The van der Waals surface area contributed by atoms with Crippen molar-refractivity contribution in [3.05, 3.63) is 23.8 Å². The van der Waals surface area contributed by atoms with Gasteiger partial charge in [-0.25, -0.2) is 9.10 Å². The van der Waals surface area contributed by atoms with Gasteiger partial charge in [-0.05, 0) is 31.7 Å². The molecule has 3 rings (SSSR count). The molecule has 2 aliphatic heterocycles. The molecule has 0 radical (unpaired) electrons. The molecule has 0 N–H and O–H groups in total. The average Bonchev–Trinajstić information content (AvgIpc) is 2.92. The standard InChI is InChI=1S/C18H27N2O5PS2/c1-17(2)11-22-26(27,23-12-17)20(6)28-19(5)16(21)24-14-9-7-8-13-10-18(3,4)25-15(13)14/h7-9H,10-12H2,1-6H3. The molecule has 28 heavy (non-hydrogen) atoms. The van der Waals surface area contributed by atoms with E-state index in [1.54, 1.807) is 24.2 Å². The zero-order valence-electron chi connectivity index (χ0n) is 17.1. The molecular formula is C18H27N2O5PS2. The highest BCUT2D eigenvalue weighted by atomic mass is 32.5. The molecule has 0 aliphatic carbocycles. The van der Waals surface area contributed by atoms with E-state index in [9.17, 15) is 4.79 Å². The van der Waals surface area contributed by atoms with Gasteiger partial charge in [0.2, 0.25) is 0 Å². The van der Waals surface area contributed by atoms with Gasteiger partial charge in [-0.2, -0.15) is 4.08 Å². The van der Waals surface area contributed by atoms with Gasteiger partial charge >= 0.3 is 6.09 Å². The van der Waals surface area contributed by atoms with E-state index in [0.29, 0.717) is 24.7 Å². The van der Waals surface area contributed by atoms with Gasteiger partial charge in [0.1, 0.15) is 5.60 Å². The molecule has 0 aromatic heterocycles. The second-order valence-electron chi connectivity index (χ2n) is 8.37. The molecule has 2 heterocycles. The third-order valence-electron chi connectivity index (χ3n) is 4.33. The van der Waals surface area contributed by atoms with E-state index in [0.717, 1.165) is 24.1 Å². The number of ether oxygens (including phenoxy) is 2. The Morgan fingerprint density at radius 1 is 1.21 bits per heavy atom. The van der Waals surface area contributed by atoms with Crippen LogP contribution in [0.5, 0.6) is 11.5 Å². The molecule has 1 fully saturated rings. The summed E-state index contributed by atoms with van der Waals surface area (Å²) in [6, 6.07) is 5.58. The number of carbonyl (C=O) groups is 1. The van der Waals surface area contributed by atoms with E-state index in [1.807, 2.05) is 26.0 Å². The van der Waals surface area contributed by atoms with Gasteiger partial charge in [0.15, 0.2) is 11.5 Å². The van der Waals surface area contributed by atoms with Crippen LogP contribution < -0.4 is 9.47 Å². The lowest BCUT2D eigenvalue weighted by Crippen LogP contribution is -2.34. The third kappa shape index (κ3) is 4.83. The van der Waals surface area contributed by atoms with Gasteiger partial charge in [-0.15, -0.1) is 0 Å². The van der Waals surface area contributed by atoms with Gasteiger partial charge in [0.05, 0.1) is 25.3 Å². The Morgan fingerprint density at radius 2 is 1.86 bits per heavy atom. The lowest BCUT2D eigenvalue weighted by molar-refractivity contribution is 0.0518. The molecule has 0 atom stereocenters. The molecule has 1 aromatic carbocycles. The highest BCUT2D eigenvalue weighted by molar-refractivity contribution is 8.15. The number of benzene rings is 1. The van der Waals surface area contributed by atoms with Crippen molar-refractivity contribution >= 4 is 36.7 Å². The second-order valence-corrected chi connectivity index (χ2v) is 13.3. The fourth-order valence-electron chi connectivity index (χ4n) is 2.84. The largest absolute Gasteiger partial charge is 0.483 e. The van der Waals surface area contributed by atoms with Crippen molar-refractivity contribution in [2.45, 2.75) is 39.7 Å². The summed E-state index contributed by atoms with van der Waals surface area (Å²) in [5, 5.41) is 0. The molecular weight excluding hydrogens is 419 g/mol. The summed E-state index contributed by atoms with van der Waals surface area (Å²) >= 11 is 6.69.